The van der Waals surface area contributed by atoms with Crippen molar-refractivity contribution in [1.82, 2.24) is 4.90 Å². The number of amides is 1. The van der Waals surface area contributed by atoms with Gasteiger partial charge in [-0.2, -0.15) is 13.2 Å². The van der Waals surface area contributed by atoms with E-state index in [1.54, 1.807) is 12.1 Å². The monoisotopic (exact) mass is 302 g/mol. The molecule has 0 bridgehead atoms. The second-order valence-corrected chi connectivity index (χ2v) is 5.32. The van der Waals surface area contributed by atoms with Gasteiger partial charge >= 0.3 is 6.18 Å². The van der Waals surface area contributed by atoms with Crippen molar-refractivity contribution in [1.29, 1.82) is 0 Å². The van der Waals surface area contributed by atoms with Crippen molar-refractivity contribution < 1.29 is 18.0 Å². The molecule has 1 fully saturated rings. The van der Waals surface area contributed by atoms with E-state index < -0.39 is 11.7 Å². The molecule has 118 valence electrons. The van der Waals surface area contributed by atoms with Crippen LogP contribution in [-0.4, -0.2) is 30.9 Å². The Morgan fingerprint density at radius 1 is 1.24 bits per heavy atom. The molecule has 21 heavy (non-hydrogen) atoms. The smallest absolute Gasteiger partial charge is 0.372 e. The van der Waals surface area contributed by atoms with Gasteiger partial charge in [0.15, 0.2) is 0 Å². The van der Waals surface area contributed by atoms with Crippen LogP contribution in [0.25, 0.3) is 0 Å². The van der Waals surface area contributed by atoms with Gasteiger partial charge in [-0.1, -0.05) is 12.1 Å². The lowest BCUT2D eigenvalue weighted by Crippen LogP contribution is -2.37. The van der Waals surface area contributed by atoms with Crippen LogP contribution in [0.2, 0.25) is 0 Å². The number of carbonyl (C=O) groups is 1. The van der Waals surface area contributed by atoms with Crippen LogP contribution in [0.1, 0.15) is 36.8 Å². The first kappa shape index (κ1) is 17.5. The van der Waals surface area contributed by atoms with Crippen LogP contribution in [-0.2, 0) is 11.0 Å². The third-order valence-corrected chi connectivity index (χ3v) is 3.90. The number of likely N-dealkylation sites (tertiary alicyclic amines) is 1. The van der Waals surface area contributed by atoms with Crippen LogP contribution in [0.15, 0.2) is 24.3 Å². The molecule has 0 aromatic heterocycles. The number of carbonyl (C=O) groups excluding carboxylic acids is 1. The molecule has 2 atom stereocenters. The second-order valence-electron chi connectivity index (χ2n) is 5.32. The van der Waals surface area contributed by atoms with Crippen molar-refractivity contribution in [3.63, 3.8) is 0 Å². The number of halogens is 3. The van der Waals surface area contributed by atoms with Crippen molar-refractivity contribution in [2.75, 3.05) is 13.6 Å². The maximum Gasteiger partial charge on any atom is 0.416 e. The number of benzene rings is 1. The Labute approximate surface area is 122 Å². The first-order valence-electron chi connectivity index (χ1n) is 6.82. The summed E-state index contributed by atoms with van der Waals surface area (Å²) in [5.41, 5.74) is 4.62. The van der Waals surface area contributed by atoms with Crippen LogP contribution >= 0.6 is 0 Å². The number of hydrogen-bond donors (Lipinski definition) is 1. The lowest BCUT2D eigenvalue weighted by molar-refractivity contribution is -0.137. The number of nitrogens with two attached hydrogens (primary N) is 1. The van der Waals surface area contributed by atoms with E-state index >= 15 is 0 Å². The van der Waals surface area contributed by atoms with E-state index in [1.807, 2.05) is 0 Å². The minimum Gasteiger partial charge on any atom is -0.372 e. The normalized spacial score (nSPS) is 23.1. The Morgan fingerprint density at radius 2 is 1.76 bits per heavy atom. The van der Waals surface area contributed by atoms with E-state index in [4.69, 9.17) is 4.79 Å². The minimum absolute atomic E-state index is 0.250. The average Bonchev–Trinajstić information content (AvgIpc) is 2.42. The summed E-state index contributed by atoms with van der Waals surface area (Å²) in [4.78, 5) is 10.9. The molecule has 2 N–H and O–H groups in total. The molecule has 3 nitrogen and oxygen atoms in total. The SMILES string of the molecule is CC1CCC(c2ccc(C(F)(F)F)cc2)CN1C.NC=O. The third kappa shape index (κ3) is 5.04. The molecule has 1 heterocycles. The Balaban J connectivity index is 0.000000677. The molecule has 1 aromatic carbocycles. The highest BCUT2D eigenvalue weighted by Crippen LogP contribution is 2.33. The van der Waals surface area contributed by atoms with E-state index in [0.717, 1.165) is 24.9 Å². The second kappa shape index (κ2) is 7.45. The predicted molar refractivity (Wildman–Crippen MR) is 75.8 cm³/mol. The van der Waals surface area contributed by atoms with Crippen molar-refractivity contribution in [2.24, 2.45) is 5.73 Å². The summed E-state index contributed by atoms with van der Waals surface area (Å²) in [6, 6.07) is 6.19. The fraction of sp³-hybridized carbons (Fsp3) is 0.533. The summed E-state index contributed by atoms with van der Waals surface area (Å²) in [5, 5.41) is 0. The summed E-state index contributed by atoms with van der Waals surface area (Å²) in [5.74, 6) is 0.355. The average molecular weight is 302 g/mol. The standard InChI is InChI=1S/C14H18F3N.CH3NO/c1-10-3-4-12(9-18(10)2)11-5-7-13(8-6-11)14(15,16)17;2-1-3/h5-8,10,12H,3-4,9H2,1-2H3;1H,(H2,2,3). The summed E-state index contributed by atoms with van der Waals surface area (Å²) in [6.07, 6.45) is -1.84. The molecule has 1 amide bonds. The topological polar surface area (TPSA) is 46.3 Å². The zero-order valence-electron chi connectivity index (χ0n) is 12.2. The zero-order chi connectivity index (χ0) is 16.0. The van der Waals surface area contributed by atoms with Crippen LogP contribution in [0.5, 0.6) is 0 Å². The number of nitrogens with zero attached hydrogens (tertiary/aromatic N) is 1. The van der Waals surface area contributed by atoms with Gasteiger partial charge in [0.05, 0.1) is 5.56 Å². The number of primary amides is 1. The van der Waals surface area contributed by atoms with Crippen LogP contribution in [0.3, 0.4) is 0 Å². The molecule has 0 aliphatic carbocycles. The number of rotatable bonds is 1. The van der Waals surface area contributed by atoms with Gasteiger partial charge in [-0.3, -0.25) is 4.79 Å². The van der Waals surface area contributed by atoms with E-state index in [-0.39, 0.29) is 6.41 Å². The summed E-state index contributed by atoms with van der Waals surface area (Å²) >= 11 is 0. The zero-order valence-corrected chi connectivity index (χ0v) is 12.2. The van der Waals surface area contributed by atoms with Crippen molar-refractivity contribution in [2.45, 2.75) is 37.9 Å². The van der Waals surface area contributed by atoms with Gasteiger partial charge in [-0.25, -0.2) is 0 Å². The Hall–Kier alpha value is -1.56. The molecule has 1 aromatic rings. The van der Waals surface area contributed by atoms with Crippen LogP contribution in [0, 0.1) is 0 Å². The molecule has 1 aliphatic heterocycles. The summed E-state index contributed by atoms with van der Waals surface area (Å²) < 4.78 is 37.4. The highest BCUT2D eigenvalue weighted by Gasteiger charge is 2.30. The molecule has 0 radical (unpaired) electrons. The van der Waals surface area contributed by atoms with Gasteiger partial charge in [-0.05, 0) is 50.4 Å². The van der Waals surface area contributed by atoms with Gasteiger partial charge in [-0.15, -0.1) is 0 Å². The van der Waals surface area contributed by atoms with Crippen LogP contribution < -0.4 is 5.73 Å². The molecule has 0 saturated carbocycles. The first-order valence-corrected chi connectivity index (χ1v) is 6.82. The molecule has 2 rings (SSSR count). The molecular weight excluding hydrogens is 281 g/mol. The lowest BCUT2D eigenvalue weighted by atomic mass is 9.88. The molecule has 2 unspecified atom stereocenters. The van der Waals surface area contributed by atoms with E-state index in [9.17, 15) is 13.2 Å². The largest absolute Gasteiger partial charge is 0.416 e. The van der Waals surface area contributed by atoms with E-state index in [2.05, 4.69) is 24.6 Å². The maximum absolute atomic E-state index is 12.5. The number of likely N-dealkylation sites (N-methyl/N-ethyl adjacent to an activating group) is 1. The van der Waals surface area contributed by atoms with Crippen molar-refractivity contribution in [3.05, 3.63) is 35.4 Å². The van der Waals surface area contributed by atoms with Crippen molar-refractivity contribution >= 4 is 6.41 Å². The van der Waals surface area contributed by atoms with Crippen LogP contribution in [0.4, 0.5) is 13.2 Å². The van der Waals surface area contributed by atoms with Gasteiger partial charge in [0.25, 0.3) is 0 Å². The highest BCUT2D eigenvalue weighted by atomic mass is 19.4. The number of hydrogen-bond acceptors (Lipinski definition) is 2. The molecule has 1 aliphatic rings. The number of piperidine rings is 1. The van der Waals surface area contributed by atoms with Gasteiger partial charge in [0.1, 0.15) is 0 Å². The predicted octanol–water partition coefficient (Wildman–Crippen LogP) is 3.00. The summed E-state index contributed by atoms with van der Waals surface area (Å²) in [7, 11) is 2.07. The molecule has 1 saturated heterocycles. The quantitative estimate of drug-likeness (QED) is 0.811. The van der Waals surface area contributed by atoms with E-state index in [1.165, 1.54) is 12.1 Å². The van der Waals surface area contributed by atoms with Gasteiger partial charge in [0, 0.05) is 12.6 Å². The fourth-order valence-electron chi connectivity index (χ4n) is 2.50. The first-order chi connectivity index (χ1) is 9.79. The Morgan fingerprint density at radius 3 is 2.19 bits per heavy atom. The van der Waals surface area contributed by atoms with Crippen molar-refractivity contribution in [3.8, 4) is 0 Å². The molecule has 6 heteroatoms. The highest BCUT2D eigenvalue weighted by molar-refractivity contribution is 5.42. The lowest BCUT2D eigenvalue weighted by Gasteiger charge is -2.35. The van der Waals surface area contributed by atoms with Gasteiger partial charge < -0.3 is 10.6 Å². The maximum atomic E-state index is 12.5. The fourth-order valence-corrected chi connectivity index (χ4v) is 2.50. The Kier molecular flexibility index (Phi) is 6.20. The summed E-state index contributed by atoms with van der Waals surface area (Å²) in [6.45, 7) is 3.11. The molecular formula is C15H21F3N2O. The van der Waals surface area contributed by atoms with E-state index in [0.29, 0.717) is 12.0 Å². The minimum atomic E-state index is -4.24. The third-order valence-electron chi connectivity index (χ3n) is 3.90. The molecule has 0 spiro atoms. The van der Waals surface area contributed by atoms with Gasteiger partial charge in [0.2, 0.25) is 6.41 Å². The Bertz CT molecular complexity index is 445. The number of alkyl halides is 3.